The molecule has 1 rings (SSSR count). The smallest absolute Gasteiger partial charge is 0.394 e. The first-order valence-corrected chi connectivity index (χ1v) is 4.61. The van der Waals surface area contributed by atoms with Gasteiger partial charge in [-0.05, 0) is 25.9 Å². The van der Waals surface area contributed by atoms with E-state index in [1.807, 2.05) is 5.32 Å². The Bertz CT molecular complexity index is 237. The van der Waals surface area contributed by atoms with Gasteiger partial charge in [0, 0.05) is 0 Å². The molecule has 15 heavy (non-hydrogen) atoms. The fourth-order valence-electron chi connectivity index (χ4n) is 1.54. The molecule has 1 aliphatic heterocycles. The van der Waals surface area contributed by atoms with Crippen LogP contribution in [-0.4, -0.2) is 42.4 Å². The van der Waals surface area contributed by atoms with Crippen LogP contribution in [-0.2, 0) is 4.79 Å². The van der Waals surface area contributed by atoms with Crippen molar-refractivity contribution in [1.29, 1.82) is 0 Å². The van der Waals surface area contributed by atoms with Crippen molar-refractivity contribution in [1.82, 2.24) is 10.6 Å². The average molecular weight is 226 g/mol. The highest BCUT2D eigenvalue weighted by Gasteiger charge is 2.44. The maximum atomic E-state index is 12.0. The molecule has 1 aliphatic rings. The highest BCUT2D eigenvalue weighted by atomic mass is 19.4. The van der Waals surface area contributed by atoms with Crippen LogP contribution in [0.2, 0.25) is 0 Å². The third kappa shape index (κ3) is 3.07. The van der Waals surface area contributed by atoms with Gasteiger partial charge in [-0.2, -0.15) is 13.2 Å². The number of hydrogen-bond acceptors (Lipinski definition) is 3. The number of carbonyl (C=O) groups is 1. The van der Waals surface area contributed by atoms with Crippen molar-refractivity contribution >= 4 is 5.91 Å². The number of carbonyl (C=O) groups excluding carboxylic acids is 1. The van der Waals surface area contributed by atoms with E-state index in [9.17, 15) is 18.0 Å². The van der Waals surface area contributed by atoms with Gasteiger partial charge in [0.1, 0.15) is 0 Å². The average Bonchev–Trinajstić information content (AvgIpc) is 2.18. The van der Waals surface area contributed by atoms with Crippen LogP contribution in [0, 0.1) is 0 Å². The summed E-state index contributed by atoms with van der Waals surface area (Å²) in [5.74, 6) is -1.99. The Morgan fingerprint density at radius 1 is 1.40 bits per heavy atom. The van der Waals surface area contributed by atoms with Gasteiger partial charge in [-0.15, -0.1) is 0 Å². The standard InChI is InChI=1S/C8H13F3N2O2/c9-8(10,11)6(15)13-7(5-14)1-3-12-4-2-7/h12,14H,1-5H2,(H,13,15). The summed E-state index contributed by atoms with van der Waals surface area (Å²) in [4.78, 5) is 10.7. The van der Waals surface area contributed by atoms with E-state index in [1.165, 1.54) is 0 Å². The van der Waals surface area contributed by atoms with Crippen molar-refractivity contribution < 1.29 is 23.1 Å². The predicted octanol–water partition coefficient (Wildman–Crippen LogP) is -0.221. The lowest BCUT2D eigenvalue weighted by Crippen LogP contribution is -2.59. The van der Waals surface area contributed by atoms with Gasteiger partial charge in [-0.1, -0.05) is 0 Å². The van der Waals surface area contributed by atoms with E-state index >= 15 is 0 Å². The van der Waals surface area contributed by atoms with E-state index < -0.39 is 24.2 Å². The van der Waals surface area contributed by atoms with Crippen LogP contribution < -0.4 is 10.6 Å². The van der Waals surface area contributed by atoms with Gasteiger partial charge < -0.3 is 15.7 Å². The number of piperidine rings is 1. The minimum Gasteiger partial charge on any atom is -0.394 e. The first-order chi connectivity index (χ1) is 6.90. The lowest BCUT2D eigenvalue weighted by molar-refractivity contribution is -0.176. The lowest BCUT2D eigenvalue weighted by atomic mass is 9.89. The van der Waals surface area contributed by atoms with E-state index in [0.29, 0.717) is 25.9 Å². The predicted molar refractivity (Wildman–Crippen MR) is 46.1 cm³/mol. The van der Waals surface area contributed by atoms with Crippen LogP contribution in [0.3, 0.4) is 0 Å². The number of aliphatic hydroxyl groups is 1. The molecule has 0 aromatic carbocycles. The highest BCUT2D eigenvalue weighted by Crippen LogP contribution is 2.21. The topological polar surface area (TPSA) is 61.4 Å². The van der Waals surface area contributed by atoms with Crippen molar-refractivity contribution in [3.05, 3.63) is 0 Å². The molecule has 0 radical (unpaired) electrons. The largest absolute Gasteiger partial charge is 0.471 e. The minimum atomic E-state index is -4.90. The third-order valence-electron chi connectivity index (χ3n) is 2.50. The van der Waals surface area contributed by atoms with Crippen molar-refractivity contribution in [2.75, 3.05) is 19.7 Å². The zero-order valence-corrected chi connectivity index (χ0v) is 8.02. The minimum absolute atomic E-state index is 0.297. The fraction of sp³-hybridized carbons (Fsp3) is 0.875. The number of aliphatic hydroxyl groups excluding tert-OH is 1. The summed E-state index contributed by atoms with van der Waals surface area (Å²) in [7, 11) is 0. The molecule has 0 aromatic rings. The molecule has 1 amide bonds. The molecule has 0 unspecified atom stereocenters. The molecule has 0 aromatic heterocycles. The molecule has 4 nitrogen and oxygen atoms in total. The quantitative estimate of drug-likeness (QED) is 0.610. The van der Waals surface area contributed by atoms with Crippen molar-refractivity contribution in [3.8, 4) is 0 Å². The molecule has 1 fully saturated rings. The molecular formula is C8H13F3N2O2. The number of alkyl halides is 3. The number of rotatable bonds is 2. The van der Waals surface area contributed by atoms with Crippen molar-refractivity contribution in [2.45, 2.75) is 24.6 Å². The van der Waals surface area contributed by atoms with E-state index in [1.54, 1.807) is 0 Å². The molecular weight excluding hydrogens is 213 g/mol. The SMILES string of the molecule is O=C(NC1(CO)CCNCC1)C(F)(F)F. The Morgan fingerprint density at radius 3 is 2.33 bits per heavy atom. The van der Waals surface area contributed by atoms with Crippen LogP contribution in [0.1, 0.15) is 12.8 Å². The van der Waals surface area contributed by atoms with Gasteiger partial charge in [-0.3, -0.25) is 4.79 Å². The summed E-state index contributed by atoms with van der Waals surface area (Å²) in [5, 5.41) is 13.9. The second-order valence-corrected chi connectivity index (χ2v) is 3.64. The van der Waals surface area contributed by atoms with Gasteiger partial charge in [-0.25, -0.2) is 0 Å². The van der Waals surface area contributed by atoms with E-state index in [0.717, 1.165) is 0 Å². The Hall–Kier alpha value is -0.820. The Kier molecular flexibility index (Phi) is 3.56. The molecule has 88 valence electrons. The zero-order chi connectivity index (χ0) is 11.5. The lowest BCUT2D eigenvalue weighted by Gasteiger charge is -2.36. The van der Waals surface area contributed by atoms with Gasteiger partial charge in [0.25, 0.3) is 0 Å². The number of amides is 1. The summed E-state index contributed by atoms with van der Waals surface area (Å²) < 4.78 is 36.0. The van der Waals surface area contributed by atoms with Gasteiger partial charge >= 0.3 is 12.1 Å². The van der Waals surface area contributed by atoms with Crippen LogP contribution >= 0.6 is 0 Å². The van der Waals surface area contributed by atoms with E-state index in [-0.39, 0.29) is 0 Å². The molecule has 7 heteroatoms. The maximum absolute atomic E-state index is 12.0. The van der Waals surface area contributed by atoms with E-state index in [4.69, 9.17) is 5.11 Å². The summed E-state index contributed by atoms with van der Waals surface area (Å²) in [5.41, 5.74) is -1.13. The second kappa shape index (κ2) is 4.36. The summed E-state index contributed by atoms with van der Waals surface area (Å²) >= 11 is 0. The highest BCUT2D eigenvalue weighted by molar-refractivity contribution is 5.82. The third-order valence-corrected chi connectivity index (χ3v) is 2.50. The molecule has 0 aliphatic carbocycles. The first-order valence-electron chi connectivity index (χ1n) is 4.61. The fourth-order valence-corrected chi connectivity index (χ4v) is 1.54. The van der Waals surface area contributed by atoms with E-state index in [2.05, 4.69) is 5.32 Å². The van der Waals surface area contributed by atoms with Crippen molar-refractivity contribution in [3.63, 3.8) is 0 Å². The second-order valence-electron chi connectivity index (χ2n) is 3.64. The normalized spacial score (nSPS) is 21.1. The number of halogens is 3. The maximum Gasteiger partial charge on any atom is 0.471 e. The summed E-state index contributed by atoms with van der Waals surface area (Å²) in [6, 6.07) is 0. The molecule has 3 N–H and O–H groups in total. The van der Waals surface area contributed by atoms with Gasteiger partial charge in [0.15, 0.2) is 0 Å². The van der Waals surface area contributed by atoms with Crippen LogP contribution in [0.4, 0.5) is 13.2 Å². The molecule has 1 saturated heterocycles. The Morgan fingerprint density at radius 2 is 1.93 bits per heavy atom. The van der Waals surface area contributed by atoms with Crippen molar-refractivity contribution in [2.24, 2.45) is 0 Å². The molecule has 1 heterocycles. The first kappa shape index (κ1) is 12.3. The Balaban J connectivity index is 2.63. The number of hydrogen-bond donors (Lipinski definition) is 3. The van der Waals surface area contributed by atoms with Crippen LogP contribution in [0.5, 0.6) is 0 Å². The Labute approximate surface area is 84.8 Å². The molecule has 0 spiro atoms. The number of nitrogens with one attached hydrogen (secondary N) is 2. The van der Waals surface area contributed by atoms with Gasteiger partial charge in [0.05, 0.1) is 12.1 Å². The molecule has 0 atom stereocenters. The molecule has 0 saturated carbocycles. The molecule has 0 bridgehead atoms. The summed E-state index contributed by atoms with van der Waals surface area (Å²) in [6.07, 6.45) is -4.30. The van der Waals surface area contributed by atoms with Crippen LogP contribution in [0.25, 0.3) is 0 Å². The van der Waals surface area contributed by atoms with Crippen LogP contribution in [0.15, 0.2) is 0 Å². The summed E-state index contributed by atoms with van der Waals surface area (Å²) in [6.45, 7) is 0.494. The zero-order valence-electron chi connectivity index (χ0n) is 8.02. The monoisotopic (exact) mass is 226 g/mol. The van der Waals surface area contributed by atoms with Gasteiger partial charge in [0.2, 0.25) is 0 Å².